The molecule has 0 nitrogen and oxygen atoms in total. The maximum atomic E-state index is 2.54. The summed E-state index contributed by atoms with van der Waals surface area (Å²) in [5, 5.41) is 0. The average Bonchev–Trinajstić information content (AvgIpc) is 3.17. The lowest BCUT2D eigenvalue weighted by molar-refractivity contribution is 0.110. The van der Waals surface area contributed by atoms with Gasteiger partial charge in [-0.3, -0.25) is 0 Å². The van der Waals surface area contributed by atoms with Crippen LogP contribution in [0.1, 0.15) is 74.1 Å². The van der Waals surface area contributed by atoms with Crippen LogP contribution in [0.4, 0.5) is 0 Å². The second-order valence-electron chi connectivity index (χ2n) is 8.76. The largest absolute Gasteiger partial charge is 0.0622 e. The molecule has 0 spiro atoms. The van der Waals surface area contributed by atoms with E-state index < -0.39 is 0 Å². The Labute approximate surface area is 121 Å². The van der Waals surface area contributed by atoms with Gasteiger partial charge in [-0.15, -0.1) is 0 Å². The van der Waals surface area contributed by atoms with E-state index in [9.17, 15) is 0 Å². The lowest BCUT2D eigenvalue weighted by atomic mass is 9.67. The van der Waals surface area contributed by atoms with Crippen molar-refractivity contribution in [2.75, 3.05) is 0 Å². The van der Waals surface area contributed by atoms with Gasteiger partial charge in [-0.1, -0.05) is 48.5 Å². The molecule has 2 fully saturated rings. The Morgan fingerprint density at radius 3 is 1.89 bits per heavy atom. The summed E-state index contributed by atoms with van der Waals surface area (Å²) in [5.74, 6) is 6.85. The second-order valence-corrected chi connectivity index (χ2v) is 8.76. The molecule has 0 bridgehead atoms. The van der Waals surface area contributed by atoms with Gasteiger partial charge in [-0.2, -0.15) is 0 Å². The maximum absolute atomic E-state index is 2.54. The Hall–Kier alpha value is 0. The van der Waals surface area contributed by atoms with E-state index in [1.165, 1.54) is 25.7 Å². The third kappa shape index (κ3) is 3.19. The molecule has 112 valence electrons. The zero-order valence-electron chi connectivity index (χ0n) is 14.4. The first kappa shape index (κ1) is 15.4. The van der Waals surface area contributed by atoms with Crippen LogP contribution in [-0.2, 0) is 0 Å². The van der Waals surface area contributed by atoms with Gasteiger partial charge in [0.2, 0.25) is 0 Å². The minimum atomic E-state index is 0.542. The van der Waals surface area contributed by atoms with Crippen LogP contribution in [0.15, 0.2) is 0 Å². The molecule has 0 aromatic rings. The Bertz CT molecular complexity index is 293. The van der Waals surface area contributed by atoms with Crippen molar-refractivity contribution in [2.45, 2.75) is 74.1 Å². The number of hydrogen-bond donors (Lipinski definition) is 0. The van der Waals surface area contributed by atoms with Crippen LogP contribution in [0.2, 0.25) is 0 Å². The second kappa shape index (κ2) is 5.41. The summed E-state index contributed by atoms with van der Waals surface area (Å²) in [6.07, 6.45) is 6.02. The molecular formula is C19H36. The molecule has 2 saturated carbocycles. The van der Waals surface area contributed by atoms with E-state index in [0.717, 1.165) is 41.4 Å². The molecule has 2 aliphatic carbocycles. The van der Waals surface area contributed by atoms with Crippen LogP contribution in [0, 0.1) is 46.8 Å². The van der Waals surface area contributed by atoms with Gasteiger partial charge in [0, 0.05) is 0 Å². The molecule has 0 amide bonds. The molecule has 5 unspecified atom stereocenters. The average molecular weight is 264 g/mol. The minimum absolute atomic E-state index is 0.542. The summed E-state index contributed by atoms with van der Waals surface area (Å²) in [6, 6.07) is 0. The molecule has 0 saturated heterocycles. The van der Waals surface area contributed by atoms with Crippen LogP contribution < -0.4 is 0 Å². The van der Waals surface area contributed by atoms with Crippen LogP contribution >= 0.6 is 0 Å². The first-order chi connectivity index (χ1) is 8.77. The minimum Gasteiger partial charge on any atom is -0.0622 e. The molecule has 2 rings (SSSR count). The number of hydrogen-bond acceptors (Lipinski definition) is 0. The van der Waals surface area contributed by atoms with E-state index in [4.69, 9.17) is 0 Å². The summed E-state index contributed by atoms with van der Waals surface area (Å²) >= 11 is 0. The predicted molar refractivity (Wildman–Crippen MR) is 85.0 cm³/mol. The Morgan fingerprint density at radius 2 is 1.47 bits per heavy atom. The summed E-state index contributed by atoms with van der Waals surface area (Å²) in [5.41, 5.74) is 0.542. The molecule has 0 aromatic carbocycles. The van der Waals surface area contributed by atoms with Crippen molar-refractivity contribution in [1.29, 1.82) is 0 Å². The van der Waals surface area contributed by atoms with Gasteiger partial charge in [-0.05, 0) is 72.5 Å². The first-order valence-corrected chi connectivity index (χ1v) is 8.77. The third-order valence-corrected chi connectivity index (χ3v) is 7.22. The molecule has 19 heavy (non-hydrogen) atoms. The fraction of sp³-hybridized carbons (Fsp3) is 1.00. The maximum Gasteiger partial charge on any atom is -0.0277 e. The van der Waals surface area contributed by atoms with Crippen molar-refractivity contribution >= 4 is 0 Å². The molecule has 2 aliphatic rings. The third-order valence-electron chi connectivity index (χ3n) is 7.22. The van der Waals surface area contributed by atoms with E-state index in [0.29, 0.717) is 5.41 Å². The van der Waals surface area contributed by atoms with Crippen LogP contribution in [0.5, 0.6) is 0 Å². The highest BCUT2D eigenvalue weighted by molar-refractivity contribution is 4.99. The van der Waals surface area contributed by atoms with Crippen molar-refractivity contribution in [3.63, 3.8) is 0 Å². The van der Waals surface area contributed by atoms with E-state index in [2.05, 4.69) is 48.5 Å². The normalized spacial score (nSPS) is 38.1. The zero-order valence-corrected chi connectivity index (χ0v) is 14.4. The fourth-order valence-electron chi connectivity index (χ4n) is 4.30. The number of rotatable bonds is 7. The van der Waals surface area contributed by atoms with Crippen LogP contribution in [-0.4, -0.2) is 0 Å². The van der Waals surface area contributed by atoms with Gasteiger partial charge < -0.3 is 0 Å². The first-order valence-electron chi connectivity index (χ1n) is 8.77. The van der Waals surface area contributed by atoms with Crippen molar-refractivity contribution in [3.05, 3.63) is 0 Å². The summed E-state index contributed by atoms with van der Waals surface area (Å²) in [4.78, 5) is 0. The molecule has 0 heterocycles. The van der Waals surface area contributed by atoms with Gasteiger partial charge in [0.25, 0.3) is 0 Å². The van der Waals surface area contributed by atoms with Gasteiger partial charge in [0.05, 0.1) is 0 Å². The highest BCUT2D eigenvalue weighted by Gasteiger charge is 2.50. The molecule has 0 aromatic heterocycles. The monoisotopic (exact) mass is 264 g/mol. The standard InChI is InChI=1S/C19H36/c1-12(2)19(7,13(3)4)11-18-15(6)17(18)9-8-16-10-14(16)5/h12-18H,8-11H2,1-7H3. The van der Waals surface area contributed by atoms with E-state index in [1.807, 2.05) is 0 Å². The van der Waals surface area contributed by atoms with Gasteiger partial charge in [0.15, 0.2) is 0 Å². The van der Waals surface area contributed by atoms with E-state index in [1.54, 1.807) is 0 Å². The van der Waals surface area contributed by atoms with E-state index in [-0.39, 0.29) is 0 Å². The molecule has 0 aliphatic heterocycles. The van der Waals surface area contributed by atoms with Gasteiger partial charge in [-0.25, -0.2) is 0 Å². The Morgan fingerprint density at radius 1 is 0.947 bits per heavy atom. The molecular weight excluding hydrogens is 228 g/mol. The molecule has 0 radical (unpaired) electrons. The Kier molecular flexibility index (Phi) is 4.38. The van der Waals surface area contributed by atoms with Crippen molar-refractivity contribution in [1.82, 2.24) is 0 Å². The molecule has 0 heteroatoms. The zero-order chi connectivity index (χ0) is 14.4. The lowest BCUT2D eigenvalue weighted by Crippen LogP contribution is -2.30. The molecule has 5 atom stereocenters. The van der Waals surface area contributed by atoms with Crippen molar-refractivity contribution in [2.24, 2.45) is 46.8 Å². The quantitative estimate of drug-likeness (QED) is 0.528. The van der Waals surface area contributed by atoms with Gasteiger partial charge in [0.1, 0.15) is 0 Å². The highest BCUT2D eigenvalue weighted by atomic mass is 14.6. The smallest absolute Gasteiger partial charge is 0.0277 e. The fourth-order valence-corrected chi connectivity index (χ4v) is 4.30. The highest BCUT2D eigenvalue weighted by Crippen LogP contribution is 2.58. The lowest BCUT2D eigenvalue weighted by Gasteiger charge is -2.38. The Balaban J connectivity index is 1.82. The predicted octanol–water partition coefficient (Wildman–Crippen LogP) is 6.01. The van der Waals surface area contributed by atoms with Gasteiger partial charge >= 0.3 is 0 Å². The summed E-state index contributed by atoms with van der Waals surface area (Å²) < 4.78 is 0. The van der Waals surface area contributed by atoms with Crippen molar-refractivity contribution in [3.8, 4) is 0 Å². The molecule has 0 N–H and O–H groups in total. The van der Waals surface area contributed by atoms with Crippen LogP contribution in [0.25, 0.3) is 0 Å². The van der Waals surface area contributed by atoms with Crippen LogP contribution in [0.3, 0.4) is 0 Å². The topological polar surface area (TPSA) is 0 Å². The summed E-state index contributed by atoms with van der Waals surface area (Å²) in [6.45, 7) is 17.2. The SMILES string of the molecule is CC1CC1CCC1C(C)C1CC(C)(C(C)C)C(C)C. The van der Waals surface area contributed by atoms with Crippen molar-refractivity contribution < 1.29 is 0 Å². The summed E-state index contributed by atoms with van der Waals surface area (Å²) in [7, 11) is 0. The van der Waals surface area contributed by atoms with E-state index >= 15 is 0 Å².